The molecule has 0 amide bonds. The average molecular weight is 285 g/mol. The molecule has 19 heavy (non-hydrogen) atoms. The van der Waals surface area contributed by atoms with Gasteiger partial charge in [-0.2, -0.15) is 0 Å². The first kappa shape index (κ1) is 13.8. The molecule has 0 spiro atoms. The number of imidazole rings is 1. The molecule has 0 saturated heterocycles. The van der Waals surface area contributed by atoms with Crippen molar-refractivity contribution in [3.8, 4) is 5.75 Å². The van der Waals surface area contributed by atoms with Crippen LogP contribution in [0.15, 0.2) is 24.4 Å². The summed E-state index contributed by atoms with van der Waals surface area (Å²) in [7, 11) is 1.77. The molecule has 1 atom stereocenters. The second-order valence-electron chi connectivity index (χ2n) is 4.20. The molecule has 0 bridgehead atoms. The van der Waals surface area contributed by atoms with Gasteiger partial charge < -0.3 is 14.4 Å². The van der Waals surface area contributed by atoms with Gasteiger partial charge in [-0.05, 0) is 19.1 Å². The highest BCUT2D eigenvalue weighted by Crippen LogP contribution is 2.22. The lowest BCUT2D eigenvalue weighted by Gasteiger charge is -2.10. The van der Waals surface area contributed by atoms with Gasteiger partial charge in [0, 0.05) is 18.7 Å². The summed E-state index contributed by atoms with van der Waals surface area (Å²) in [6, 6.07) is 4.35. The van der Waals surface area contributed by atoms with Crippen molar-refractivity contribution in [3.05, 3.63) is 46.8 Å². The molecule has 1 heterocycles. The molecule has 0 radical (unpaired) electrons. The Kier molecular flexibility index (Phi) is 4.07. The maximum absolute atomic E-state index is 13.6. The molecule has 1 N–H and O–H groups in total. The van der Waals surface area contributed by atoms with Gasteiger partial charge in [0.15, 0.2) is 0 Å². The Balaban J connectivity index is 2.08. The summed E-state index contributed by atoms with van der Waals surface area (Å²) in [5.74, 6) is 0.524. The molecule has 0 fully saturated rings. The third-order valence-corrected chi connectivity index (χ3v) is 3.17. The van der Waals surface area contributed by atoms with Crippen molar-refractivity contribution < 1.29 is 14.2 Å². The molecule has 2 aromatic rings. The maximum Gasteiger partial charge on any atom is 0.147 e. The minimum atomic E-state index is -0.845. The van der Waals surface area contributed by atoms with E-state index in [0.717, 1.165) is 0 Å². The summed E-state index contributed by atoms with van der Waals surface area (Å²) in [5, 5.41) is 9.84. The van der Waals surface area contributed by atoms with Crippen molar-refractivity contribution in [2.45, 2.75) is 19.6 Å². The first-order valence-corrected chi connectivity index (χ1v) is 6.13. The van der Waals surface area contributed by atoms with Crippen LogP contribution in [0.5, 0.6) is 5.75 Å². The first-order valence-electron chi connectivity index (χ1n) is 5.75. The third-order valence-electron chi connectivity index (χ3n) is 2.82. The van der Waals surface area contributed by atoms with E-state index in [-0.39, 0.29) is 12.2 Å². The van der Waals surface area contributed by atoms with Gasteiger partial charge >= 0.3 is 0 Å². The van der Waals surface area contributed by atoms with Crippen molar-refractivity contribution in [1.29, 1.82) is 0 Å². The van der Waals surface area contributed by atoms with Crippen molar-refractivity contribution in [2.75, 3.05) is 0 Å². The molecule has 0 aliphatic rings. The number of aliphatic hydroxyl groups excluding tert-OH is 1. The van der Waals surface area contributed by atoms with E-state index in [9.17, 15) is 9.50 Å². The lowest BCUT2D eigenvalue weighted by molar-refractivity contribution is 0.193. The smallest absolute Gasteiger partial charge is 0.147 e. The van der Waals surface area contributed by atoms with Crippen molar-refractivity contribution in [2.24, 2.45) is 7.05 Å². The molecule has 102 valence electrons. The maximum atomic E-state index is 13.6. The number of hydrogen-bond donors (Lipinski definition) is 1. The SMILES string of the molecule is C[C@H](O)c1ccc(OCc2ncc(Cl)n2C)cc1F. The zero-order valence-electron chi connectivity index (χ0n) is 10.6. The fourth-order valence-corrected chi connectivity index (χ4v) is 1.79. The number of ether oxygens (including phenoxy) is 1. The Morgan fingerprint density at radius 3 is 2.79 bits per heavy atom. The van der Waals surface area contributed by atoms with Gasteiger partial charge in [0.25, 0.3) is 0 Å². The van der Waals surface area contributed by atoms with Gasteiger partial charge in [-0.15, -0.1) is 0 Å². The second-order valence-corrected chi connectivity index (χ2v) is 4.59. The predicted molar refractivity (Wildman–Crippen MR) is 69.6 cm³/mol. The van der Waals surface area contributed by atoms with Gasteiger partial charge in [-0.25, -0.2) is 9.37 Å². The van der Waals surface area contributed by atoms with Gasteiger partial charge in [0.05, 0.1) is 12.3 Å². The molecular formula is C13H14ClFN2O2. The molecule has 0 aliphatic carbocycles. The minimum Gasteiger partial charge on any atom is -0.486 e. The second kappa shape index (κ2) is 5.59. The highest BCUT2D eigenvalue weighted by Gasteiger charge is 2.10. The number of benzene rings is 1. The normalized spacial score (nSPS) is 12.5. The van der Waals surface area contributed by atoms with Crippen molar-refractivity contribution in [3.63, 3.8) is 0 Å². The molecule has 0 saturated carbocycles. The van der Waals surface area contributed by atoms with E-state index in [4.69, 9.17) is 16.3 Å². The summed E-state index contributed by atoms with van der Waals surface area (Å²) in [4.78, 5) is 4.07. The van der Waals surface area contributed by atoms with Crippen molar-refractivity contribution >= 4 is 11.6 Å². The lowest BCUT2D eigenvalue weighted by Crippen LogP contribution is -2.04. The number of hydrogen-bond acceptors (Lipinski definition) is 3. The largest absolute Gasteiger partial charge is 0.486 e. The standard InChI is InChI=1S/C13H14ClFN2O2/c1-8(18)10-4-3-9(5-11(10)15)19-7-13-16-6-12(14)17(13)2/h3-6,8,18H,7H2,1-2H3/t8-/m0/s1. The van der Waals surface area contributed by atoms with Gasteiger partial charge in [-0.1, -0.05) is 11.6 Å². The van der Waals surface area contributed by atoms with Gasteiger partial charge in [-0.3, -0.25) is 0 Å². The highest BCUT2D eigenvalue weighted by atomic mass is 35.5. The van der Waals surface area contributed by atoms with Crippen LogP contribution >= 0.6 is 11.6 Å². The third kappa shape index (κ3) is 3.05. The van der Waals surface area contributed by atoms with E-state index < -0.39 is 11.9 Å². The molecular weight excluding hydrogens is 271 g/mol. The van der Waals surface area contributed by atoms with E-state index in [2.05, 4.69) is 4.98 Å². The fourth-order valence-electron chi connectivity index (χ4n) is 1.64. The average Bonchev–Trinajstić information content (AvgIpc) is 2.67. The van der Waals surface area contributed by atoms with Crippen LogP contribution in [0.25, 0.3) is 0 Å². The molecule has 4 nitrogen and oxygen atoms in total. The van der Waals surface area contributed by atoms with Crippen LogP contribution in [0.2, 0.25) is 5.15 Å². The Morgan fingerprint density at radius 1 is 1.53 bits per heavy atom. The van der Waals surface area contributed by atoms with Gasteiger partial charge in [0.2, 0.25) is 0 Å². The molecule has 2 rings (SSSR count). The van der Waals surface area contributed by atoms with Crippen LogP contribution in [-0.4, -0.2) is 14.7 Å². The summed E-state index contributed by atoms with van der Waals surface area (Å²) in [5.41, 5.74) is 0.243. The van der Waals surface area contributed by atoms with Crippen molar-refractivity contribution in [1.82, 2.24) is 9.55 Å². The number of rotatable bonds is 4. The minimum absolute atomic E-state index is 0.191. The molecule has 1 aromatic carbocycles. The van der Waals surface area contributed by atoms with Gasteiger partial charge in [0.1, 0.15) is 29.2 Å². The van der Waals surface area contributed by atoms with Crippen LogP contribution in [0.3, 0.4) is 0 Å². The molecule has 6 heteroatoms. The van der Waals surface area contributed by atoms with Crippen LogP contribution in [0.4, 0.5) is 4.39 Å². The number of aromatic nitrogens is 2. The molecule has 1 aromatic heterocycles. The zero-order chi connectivity index (χ0) is 14.0. The monoisotopic (exact) mass is 284 g/mol. The Bertz CT molecular complexity index is 584. The van der Waals surface area contributed by atoms with E-state index in [1.54, 1.807) is 17.7 Å². The van der Waals surface area contributed by atoms with Crippen LogP contribution in [-0.2, 0) is 13.7 Å². The topological polar surface area (TPSA) is 47.3 Å². The lowest BCUT2D eigenvalue weighted by atomic mass is 10.1. The summed E-state index contributed by atoms with van der Waals surface area (Å²) < 4.78 is 20.7. The quantitative estimate of drug-likeness (QED) is 0.939. The number of aliphatic hydroxyl groups is 1. The number of nitrogens with zero attached hydrogens (tertiary/aromatic N) is 2. The summed E-state index contributed by atoms with van der Waals surface area (Å²) in [6.07, 6.45) is 0.680. The van der Waals surface area contributed by atoms with E-state index in [1.165, 1.54) is 25.3 Å². The summed E-state index contributed by atoms with van der Waals surface area (Å²) >= 11 is 5.85. The van der Waals surface area contributed by atoms with E-state index in [0.29, 0.717) is 16.7 Å². The summed E-state index contributed by atoms with van der Waals surface area (Å²) in [6.45, 7) is 1.70. The fraction of sp³-hybridized carbons (Fsp3) is 0.308. The highest BCUT2D eigenvalue weighted by molar-refractivity contribution is 6.29. The molecule has 0 aliphatic heterocycles. The Morgan fingerprint density at radius 2 is 2.26 bits per heavy atom. The number of halogens is 2. The Hall–Kier alpha value is -1.59. The van der Waals surface area contributed by atoms with Crippen LogP contribution in [0, 0.1) is 5.82 Å². The van der Waals surface area contributed by atoms with Crippen LogP contribution < -0.4 is 4.74 Å². The molecule has 0 unspecified atom stereocenters. The zero-order valence-corrected chi connectivity index (χ0v) is 11.4. The Labute approximate surface area is 115 Å². The first-order chi connectivity index (χ1) is 8.99. The van der Waals surface area contributed by atoms with E-state index in [1.807, 2.05) is 0 Å². The van der Waals surface area contributed by atoms with E-state index >= 15 is 0 Å². The van der Waals surface area contributed by atoms with Crippen LogP contribution in [0.1, 0.15) is 24.4 Å². The predicted octanol–water partition coefficient (Wildman–Crippen LogP) is 2.84.